The molecule has 0 saturated heterocycles. The molecule has 0 spiro atoms. The Morgan fingerprint density at radius 1 is 1.29 bits per heavy atom. The number of hydrogen-bond acceptors (Lipinski definition) is 3. The molecular formula is C11H17NO2. The van der Waals surface area contributed by atoms with Gasteiger partial charge in [-0.25, -0.2) is 0 Å². The zero-order chi connectivity index (χ0) is 10.4. The van der Waals surface area contributed by atoms with Crippen LogP contribution in [0.5, 0.6) is 0 Å². The van der Waals surface area contributed by atoms with Crippen LogP contribution in [0.25, 0.3) is 0 Å². The van der Waals surface area contributed by atoms with Gasteiger partial charge < -0.3 is 15.5 Å². The largest absolute Gasteiger partial charge is 0.396 e. The van der Waals surface area contributed by atoms with Crippen molar-refractivity contribution in [3.8, 4) is 0 Å². The van der Waals surface area contributed by atoms with Gasteiger partial charge in [-0.15, -0.1) is 0 Å². The molecule has 3 heteroatoms. The second kappa shape index (κ2) is 5.75. The smallest absolute Gasteiger partial charge is 0.0852 e. The van der Waals surface area contributed by atoms with Gasteiger partial charge in [0.25, 0.3) is 0 Å². The predicted molar refractivity (Wildman–Crippen MR) is 55.9 cm³/mol. The van der Waals surface area contributed by atoms with E-state index in [0.717, 1.165) is 5.56 Å². The Hall–Kier alpha value is -0.900. The van der Waals surface area contributed by atoms with E-state index in [1.54, 1.807) is 7.05 Å². The monoisotopic (exact) mass is 195 g/mol. The Balaban J connectivity index is 2.67. The van der Waals surface area contributed by atoms with E-state index in [0.29, 0.717) is 6.54 Å². The highest BCUT2D eigenvalue weighted by Gasteiger charge is 2.18. The second-order valence-electron chi connectivity index (χ2n) is 3.36. The maximum atomic E-state index is 9.91. The Morgan fingerprint density at radius 3 is 2.43 bits per heavy atom. The number of benzene rings is 1. The van der Waals surface area contributed by atoms with Gasteiger partial charge in [0.1, 0.15) is 0 Å². The lowest BCUT2D eigenvalue weighted by Crippen LogP contribution is -2.27. The highest BCUT2D eigenvalue weighted by atomic mass is 16.3. The minimum absolute atomic E-state index is 0.0170. The maximum absolute atomic E-state index is 9.91. The molecule has 1 unspecified atom stereocenters. The van der Waals surface area contributed by atoms with Crippen molar-refractivity contribution in [3.05, 3.63) is 35.9 Å². The first-order valence-electron chi connectivity index (χ1n) is 4.78. The fourth-order valence-corrected chi connectivity index (χ4v) is 1.46. The summed E-state index contributed by atoms with van der Waals surface area (Å²) < 4.78 is 0. The van der Waals surface area contributed by atoms with Crippen molar-refractivity contribution in [2.75, 3.05) is 20.2 Å². The SMILES string of the molecule is CNC[C@H](CO)C(O)c1ccccc1. The molecule has 2 atom stereocenters. The summed E-state index contributed by atoms with van der Waals surface area (Å²) >= 11 is 0. The number of nitrogens with one attached hydrogen (secondary N) is 1. The molecule has 0 heterocycles. The van der Waals surface area contributed by atoms with E-state index >= 15 is 0 Å². The molecule has 0 fully saturated rings. The average Bonchev–Trinajstić information content (AvgIpc) is 2.26. The van der Waals surface area contributed by atoms with E-state index in [2.05, 4.69) is 5.32 Å². The molecule has 0 bridgehead atoms. The zero-order valence-corrected chi connectivity index (χ0v) is 8.35. The van der Waals surface area contributed by atoms with Gasteiger partial charge in [-0.2, -0.15) is 0 Å². The summed E-state index contributed by atoms with van der Waals surface area (Å²) in [4.78, 5) is 0. The molecule has 0 radical (unpaired) electrons. The van der Waals surface area contributed by atoms with E-state index < -0.39 is 6.10 Å². The molecule has 0 aliphatic carbocycles. The van der Waals surface area contributed by atoms with Crippen LogP contribution in [-0.4, -0.2) is 30.4 Å². The number of aliphatic hydroxyl groups is 2. The van der Waals surface area contributed by atoms with Crippen LogP contribution < -0.4 is 5.32 Å². The van der Waals surface area contributed by atoms with Crippen molar-refractivity contribution in [2.24, 2.45) is 5.92 Å². The van der Waals surface area contributed by atoms with Gasteiger partial charge in [-0.1, -0.05) is 30.3 Å². The van der Waals surface area contributed by atoms with E-state index in [1.807, 2.05) is 30.3 Å². The lowest BCUT2D eigenvalue weighted by Gasteiger charge is -2.20. The zero-order valence-electron chi connectivity index (χ0n) is 8.35. The van der Waals surface area contributed by atoms with Crippen molar-refractivity contribution in [3.63, 3.8) is 0 Å². The molecule has 0 saturated carbocycles. The minimum Gasteiger partial charge on any atom is -0.396 e. The first-order chi connectivity index (χ1) is 6.79. The summed E-state index contributed by atoms with van der Waals surface area (Å²) in [6.45, 7) is 0.587. The second-order valence-corrected chi connectivity index (χ2v) is 3.36. The molecule has 0 aliphatic heterocycles. The molecule has 0 aromatic heterocycles. The van der Waals surface area contributed by atoms with Gasteiger partial charge in [0.2, 0.25) is 0 Å². The topological polar surface area (TPSA) is 52.5 Å². The molecule has 3 N–H and O–H groups in total. The van der Waals surface area contributed by atoms with Crippen molar-refractivity contribution >= 4 is 0 Å². The fraction of sp³-hybridized carbons (Fsp3) is 0.455. The average molecular weight is 195 g/mol. The van der Waals surface area contributed by atoms with Crippen molar-refractivity contribution in [1.29, 1.82) is 0 Å². The third-order valence-corrected chi connectivity index (χ3v) is 2.29. The molecule has 1 aromatic carbocycles. The van der Waals surface area contributed by atoms with Gasteiger partial charge in [0.15, 0.2) is 0 Å². The predicted octanol–water partition coefficient (Wildman–Crippen LogP) is 0.548. The third-order valence-electron chi connectivity index (χ3n) is 2.29. The van der Waals surface area contributed by atoms with Crippen LogP contribution in [-0.2, 0) is 0 Å². The molecule has 78 valence electrons. The number of aliphatic hydroxyl groups excluding tert-OH is 2. The van der Waals surface area contributed by atoms with E-state index in [9.17, 15) is 5.11 Å². The van der Waals surface area contributed by atoms with Gasteiger partial charge in [0, 0.05) is 19.1 Å². The van der Waals surface area contributed by atoms with Crippen LogP contribution >= 0.6 is 0 Å². The summed E-state index contributed by atoms with van der Waals surface area (Å²) in [6, 6.07) is 9.40. The maximum Gasteiger partial charge on any atom is 0.0852 e. The van der Waals surface area contributed by atoms with Gasteiger partial charge in [0.05, 0.1) is 6.10 Å². The Morgan fingerprint density at radius 2 is 1.93 bits per heavy atom. The van der Waals surface area contributed by atoms with Gasteiger partial charge >= 0.3 is 0 Å². The highest BCUT2D eigenvalue weighted by molar-refractivity contribution is 5.18. The molecule has 0 amide bonds. The summed E-state index contributed by atoms with van der Waals surface area (Å²) in [5.41, 5.74) is 0.849. The molecular weight excluding hydrogens is 178 g/mol. The quantitative estimate of drug-likeness (QED) is 0.643. The van der Waals surface area contributed by atoms with Crippen LogP contribution in [0.1, 0.15) is 11.7 Å². The lowest BCUT2D eigenvalue weighted by atomic mass is 9.96. The molecule has 1 rings (SSSR count). The van der Waals surface area contributed by atoms with E-state index in [-0.39, 0.29) is 12.5 Å². The molecule has 14 heavy (non-hydrogen) atoms. The van der Waals surface area contributed by atoms with Crippen LogP contribution in [0.3, 0.4) is 0 Å². The summed E-state index contributed by atoms with van der Waals surface area (Å²) in [6.07, 6.45) is -0.603. The first-order valence-corrected chi connectivity index (χ1v) is 4.78. The van der Waals surface area contributed by atoms with Crippen LogP contribution in [0.15, 0.2) is 30.3 Å². The van der Waals surface area contributed by atoms with Crippen molar-refractivity contribution in [1.82, 2.24) is 5.32 Å². The third kappa shape index (κ3) is 2.80. The molecule has 1 aromatic rings. The van der Waals surface area contributed by atoms with Crippen LogP contribution in [0.4, 0.5) is 0 Å². The summed E-state index contributed by atoms with van der Waals surface area (Å²) in [5.74, 6) is -0.151. The lowest BCUT2D eigenvalue weighted by molar-refractivity contribution is 0.0676. The first kappa shape index (κ1) is 11.2. The summed E-state index contributed by atoms with van der Waals surface area (Å²) in [7, 11) is 1.81. The standard InChI is InChI=1S/C11H17NO2/c1-12-7-10(8-13)11(14)9-5-3-2-4-6-9/h2-6,10-14H,7-8H2,1H3/t10-,11?/m1/s1. The van der Waals surface area contributed by atoms with Crippen LogP contribution in [0, 0.1) is 5.92 Å². The van der Waals surface area contributed by atoms with Crippen molar-refractivity contribution in [2.45, 2.75) is 6.10 Å². The van der Waals surface area contributed by atoms with E-state index in [1.165, 1.54) is 0 Å². The normalized spacial score (nSPS) is 15.1. The Labute approximate surface area is 84.4 Å². The van der Waals surface area contributed by atoms with E-state index in [4.69, 9.17) is 5.11 Å². The van der Waals surface area contributed by atoms with Crippen molar-refractivity contribution < 1.29 is 10.2 Å². The molecule has 3 nitrogen and oxygen atoms in total. The number of rotatable bonds is 5. The summed E-state index contributed by atoms with van der Waals surface area (Å²) in [5, 5.41) is 21.9. The fourth-order valence-electron chi connectivity index (χ4n) is 1.46. The van der Waals surface area contributed by atoms with Gasteiger partial charge in [-0.3, -0.25) is 0 Å². The Kier molecular flexibility index (Phi) is 4.59. The molecule has 0 aliphatic rings. The van der Waals surface area contributed by atoms with Gasteiger partial charge in [-0.05, 0) is 12.6 Å². The highest BCUT2D eigenvalue weighted by Crippen LogP contribution is 2.20. The number of hydrogen-bond donors (Lipinski definition) is 3. The minimum atomic E-state index is -0.603. The Bertz CT molecular complexity index is 251. The van der Waals surface area contributed by atoms with Crippen LogP contribution in [0.2, 0.25) is 0 Å².